The van der Waals surface area contributed by atoms with Gasteiger partial charge in [-0.15, -0.1) is 0 Å². The van der Waals surface area contributed by atoms with E-state index in [0.29, 0.717) is 6.61 Å². The average molecular weight is 145 g/mol. The standard InChI is InChI=1S/C7H15NO2/c1-9-5-6(8)7-3-2-4-10-7/h6-7H,2-5,8H2,1H3/t6-,7-/m0/s1. The molecule has 1 rings (SSSR count). The summed E-state index contributed by atoms with van der Waals surface area (Å²) in [5.74, 6) is 0. The summed E-state index contributed by atoms with van der Waals surface area (Å²) in [6.07, 6.45) is 2.46. The van der Waals surface area contributed by atoms with Crippen LogP contribution in [0.15, 0.2) is 0 Å². The van der Waals surface area contributed by atoms with Crippen LogP contribution in [-0.2, 0) is 9.47 Å². The summed E-state index contributed by atoms with van der Waals surface area (Å²) in [4.78, 5) is 0. The van der Waals surface area contributed by atoms with Crippen molar-refractivity contribution < 1.29 is 9.47 Å². The van der Waals surface area contributed by atoms with E-state index in [1.807, 2.05) is 0 Å². The second-order valence-electron chi connectivity index (χ2n) is 2.67. The van der Waals surface area contributed by atoms with Gasteiger partial charge in [-0.2, -0.15) is 0 Å². The van der Waals surface area contributed by atoms with Crippen molar-refractivity contribution in [2.45, 2.75) is 25.0 Å². The summed E-state index contributed by atoms with van der Waals surface area (Å²) < 4.78 is 10.3. The zero-order valence-corrected chi connectivity index (χ0v) is 6.38. The van der Waals surface area contributed by atoms with Gasteiger partial charge in [0, 0.05) is 13.7 Å². The van der Waals surface area contributed by atoms with Gasteiger partial charge in [0.15, 0.2) is 0 Å². The second kappa shape index (κ2) is 3.91. The maximum atomic E-state index is 5.74. The summed E-state index contributed by atoms with van der Waals surface area (Å²) in [6.45, 7) is 1.47. The Hall–Kier alpha value is -0.120. The van der Waals surface area contributed by atoms with E-state index < -0.39 is 0 Å². The Labute approximate surface area is 61.5 Å². The van der Waals surface area contributed by atoms with E-state index in [1.54, 1.807) is 7.11 Å². The van der Waals surface area contributed by atoms with E-state index in [-0.39, 0.29) is 12.1 Å². The van der Waals surface area contributed by atoms with Crippen molar-refractivity contribution in [1.29, 1.82) is 0 Å². The first-order valence-electron chi connectivity index (χ1n) is 3.70. The molecule has 0 aliphatic carbocycles. The van der Waals surface area contributed by atoms with Crippen molar-refractivity contribution in [3.8, 4) is 0 Å². The van der Waals surface area contributed by atoms with E-state index in [2.05, 4.69) is 0 Å². The molecule has 2 N–H and O–H groups in total. The zero-order chi connectivity index (χ0) is 7.40. The molecule has 1 fully saturated rings. The third-order valence-corrected chi connectivity index (χ3v) is 1.80. The normalized spacial score (nSPS) is 28.8. The Morgan fingerprint density at radius 1 is 1.80 bits per heavy atom. The van der Waals surface area contributed by atoms with Crippen molar-refractivity contribution in [3.05, 3.63) is 0 Å². The topological polar surface area (TPSA) is 44.5 Å². The first-order chi connectivity index (χ1) is 4.84. The van der Waals surface area contributed by atoms with Gasteiger partial charge >= 0.3 is 0 Å². The molecule has 0 aromatic carbocycles. The van der Waals surface area contributed by atoms with Crippen molar-refractivity contribution in [2.24, 2.45) is 5.73 Å². The highest BCUT2D eigenvalue weighted by molar-refractivity contribution is 4.76. The van der Waals surface area contributed by atoms with Crippen molar-refractivity contribution in [3.63, 3.8) is 0 Å². The molecule has 0 unspecified atom stereocenters. The van der Waals surface area contributed by atoms with E-state index in [0.717, 1.165) is 19.4 Å². The maximum Gasteiger partial charge on any atom is 0.0749 e. The lowest BCUT2D eigenvalue weighted by Crippen LogP contribution is -2.37. The lowest BCUT2D eigenvalue weighted by molar-refractivity contribution is 0.0572. The van der Waals surface area contributed by atoms with Gasteiger partial charge in [-0.1, -0.05) is 0 Å². The molecule has 60 valence electrons. The molecule has 1 aliphatic rings. The monoisotopic (exact) mass is 145 g/mol. The van der Waals surface area contributed by atoms with Crippen LogP contribution >= 0.6 is 0 Å². The quantitative estimate of drug-likeness (QED) is 0.614. The number of nitrogens with two attached hydrogens (primary N) is 1. The first-order valence-corrected chi connectivity index (χ1v) is 3.70. The molecular formula is C7H15NO2. The fourth-order valence-corrected chi connectivity index (χ4v) is 1.24. The Morgan fingerprint density at radius 3 is 3.10 bits per heavy atom. The van der Waals surface area contributed by atoms with E-state index in [9.17, 15) is 0 Å². The minimum Gasteiger partial charge on any atom is -0.383 e. The van der Waals surface area contributed by atoms with Gasteiger partial charge in [0.1, 0.15) is 0 Å². The SMILES string of the molecule is COC[C@H](N)[C@@H]1CCCO1. The highest BCUT2D eigenvalue weighted by Gasteiger charge is 2.22. The largest absolute Gasteiger partial charge is 0.383 e. The molecule has 10 heavy (non-hydrogen) atoms. The van der Waals surface area contributed by atoms with Crippen molar-refractivity contribution >= 4 is 0 Å². The molecule has 0 amide bonds. The molecule has 1 aliphatic heterocycles. The lowest BCUT2D eigenvalue weighted by Gasteiger charge is -2.16. The van der Waals surface area contributed by atoms with Crippen molar-refractivity contribution in [1.82, 2.24) is 0 Å². The van der Waals surface area contributed by atoms with E-state index in [4.69, 9.17) is 15.2 Å². The minimum atomic E-state index is 0.0625. The highest BCUT2D eigenvalue weighted by atomic mass is 16.5. The molecule has 3 heteroatoms. The van der Waals surface area contributed by atoms with Crippen molar-refractivity contribution in [2.75, 3.05) is 20.3 Å². The third kappa shape index (κ3) is 1.94. The van der Waals surface area contributed by atoms with Crippen LogP contribution < -0.4 is 5.73 Å². The van der Waals surface area contributed by atoms with E-state index in [1.165, 1.54) is 0 Å². The van der Waals surface area contributed by atoms with Crippen LogP contribution in [0.4, 0.5) is 0 Å². The number of ether oxygens (including phenoxy) is 2. The van der Waals surface area contributed by atoms with Gasteiger partial charge in [-0.3, -0.25) is 0 Å². The Morgan fingerprint density at radius 2 is 2.60 bits per heavy atom. The number of methoxy groups -OCH3 is 1. The zero-order valence-electron chi connectivity index (χ0n) is 6.38. The van der Waals surface area contributed by atoms with Gasteiger partial charge in [0.25, 0.3) is 0 Å². The smallest absolute Gasteiger partial charge is 0.0749 e. The second-order valence-corrected chi connectivity index (χ2v) is 2.67. The highest BCUT2D eigenvalue weighted by Crippen LogP contribution is 2.14. The Kier molecular flexibility index (Phi) is 3.12. The van der Waals surface area contributed by atoms with Crippen LogP contribution in [0.3, 0.4) is 0 Å². The fourth-order valence-electron chi connectivity index (χ4n) is 1.24. The average Bonchev–Trinajstić information content (AvgIpc) is 2.38. The van der Waals surface area contributed by atoms with Crippen LogP contribution in [0.25, 0.3) is 0 Å². The summed E-state index contributed by atoms with van der Waals surface area (Å²) in [7, 11) is 1.66. The first kappa shape index (κ1) is 7.98. The summed E-state index contributed by atoms with van der Waals surface area (Å²) >= 11 is 0. The van der Waals surface area contributed by atoms with Gasteiger partial charge in [0.2, 0.25) is 0 Å². The molecule has 1 heterocycles. The summed E-state index contributed by atoms with van der Waals surface area (Å²) in [5, 5.41) is 0. The maximum absolute atomic E-state index is 5.74. The summed E-state index contributed by atoms with van der Waals surface area (Å²) in [5.41, 5.74) is 5.74. The van der Waals surface area contributed by atoms with Gasteiger partial charge in [-0.25, -0.2) is 0 Å². The Balaban J connectivity index is 2.18. The van der Waals surface area contributed by atoms with Crippen LogP contribution in [-0.4, -0.2) is 32.5 Å². The molecule has 3 nitrogen and oxygen atoms in total. The summed E-state index contributed by atoms with van der Waals surface area (Å²) in [6, 6.07) is 0.0625. The third-order valence-electron chi connectivity index (χ3n) is 1.80. The molecule has 0 bridgehead atoms. The minimum absolute atomic E-state index is 0.0625. The van der Waals surface area contributed by atoms with Crippen LogP contribution in [0.5, 0.6) is 0 Å². The van der Waals surface area contributed by atoms with E-state index >= 15 is 0 Å². The molecular weight excluding hydrogens is 130 g/mol. The molecule has 0 radical (unpaired) electrons. The molecule has 1 saturated heterocycles. The van der Waals surface area contributed by atoms with Crippen LogP contribution in [0.2, 0.25) is 0 Å². The number of rotatable bonds is 3. The number of hydrogen-bond acceptors (Lipinski definition) is 3. The van der Waals surface area contributed by atoms with Gasteiger partial charge in [-0.05, 0) is 12.8 Å². The van der Waals surface area contributed by atoms with Crippen LogP contribution in [0.1, 0.15) is 12.8 Å². The fraction of sp³-hybridized carbons (Fsp3) is 1.00. The van der Waals surface area contributed by atoms with Gasteiger partial charge < -0.3 is 15.2 Å². The number of hydrogen-bond donors (Lipinski definition) is 1. The predicted octanol–water partition coefficient (Wildman–Crippen LogP) is 0.139. The molecule has 0 aromatic rings. The van der Waals surface area contributed by atoms with Crippen LogP contribution in [0, 0.1) is 0 Å². The Bertz CT molecular complexity index is 91.6. The molecule has 0 spiro atoms. The lowest BCUT2D eigenvalue weighted by atomic mass is 10.1. The predicted molar refractivity (Wildman–Crippen MR) is 38.8 cm³/mol. The van der Waals surface area contributed by atoms with Gasteiger partial charge in [0.05, 0.1) is 18.8 Å². The molecule has 0 saturated carbocycles. The molecule has 2 atom stereocenters. The molecule has 0 aromatic heterocycles.